The minimum absolute atomic E-state index is 0.00519. The largest absolute Gasteiger partial charge is 0.458 e. The predicted molar refractivity (Wildman–Crippen MR) is 133 cm³/mol. The van der Waals surface area contributed by atoms with Gasteiger partial charge >= 0.3 is 5.97 Å². The Kier molecular flexibility index (Phi) is 7.29. The summed E-state index contributed by atoms with van der Waals surface area (Å²) in [7, 11) is 0. The lowest BCUT2D eigenvalue weighted by Crippen LogP contribution is -2.43. The molecule has 5 nitrogen and oxygen atoms in total. The highest BCUT2D eigenvalue weighted by Gasteiger charge is 2.44. The van der Waals surface area contributed by atoms with Gasteiger partial charge in [-0.15, -0.1) is 0 Å². The van der Waals surface area contributed by atoms with Crippen molar-refractivity contribution in [2.45, 2.75) is 109 Å². The van der Waals surface area contributed by atoms with Crippen LogP contribution in [0.15, 0.2) is 47.1 Å². The minimum atomic E-state index is -1.62. The summed E-state index contributed by atoms with van der Waals surface area (Å²) in [5, 5.41) is 21.7. The molecule has 4 atom stereocenters. The third kappa shape index (κ3) is 5.12. The van der Waals surface area contributed by atoms with Crippen LogP contribution in [0, 0.1) is 11.3 Å². The first kappa shape index (κ1) is 25.4. The summed E-state index contributed by atoms with van der Waals surface area (Å²) in [4.78, 5) is 12.4. The van der Waals surface area contributed by atoms with Gasteiger partial charge in [0, 0.05) is 12.8 Å². The molecule has 0 saturated heterocycles. The lowest BCUT2D eigenvalue weighted by Gasteiger charge is -2.41. The highest BCUT2D eigenvalue weighted by Crippen LogP contribution is 2.55. The van der Waals surface area contributed by atoms with Crippen LogP contribution in [0.2, 0.25) is 0 Å². The third-order valence-electron chi connectivity index (χ3n) is 8.87. The molecule has 2 N–H and O–H groups in total. The van der Waals surface area contributed by atoms with Gasteiger partial charge in [-0.1, -0.05) is 49.8 Å². The van der Waals surface area contributed by atoms with Crippen LogP contribution in [-0.2, 0) is 14.3 Å². The first-order chi connectivity index (χ1) is 16.1. The quantitative estimate of drug-likeness (QED) is 0.297. The molecule has 0 aliphatic heterocycles. The van der Waals surface area contributed by atoms with Crippen LogP contribution in [-0.4, -0.2) is 40.3 Å². The monoisotopic (exact) mass is 470 g/mol. The summed E-state index contributed by atoms with van der Waals surface area (Å²) in [6.45, 7) is 10.3. The summed E-state index contributed by atoms with van der Waals surface area (Å²) in [5.74, 6) is -1.56. The van der Waals surface area contributed by atoms with Crippen LogP contribution in [0.25, 0.3) is 0 Å². The second-order valence-corrected chi connectivity index (χ2v) is 11.4. The number of hydrogen-bond donors (Lipinski definition) is 2. The van der Waals surface area contributed by atoms with Gasteiger partial charge in [-0.25, -0.2) is 4.79 Å². The molecule has 3 saturated carbocycles. The SMILES string of the molecule is C=C1C(=CC=C2CCC[C@]3(C)C(CC)=CC[C@@H]23)C[C@](O)(OCC(=O)OC2(C)CCCC2)C[C@@H]1O. The molecule has 0 bridgehead atoms. The van der Waals surface area contributed by atoms with Crippen molar-refractivity contribution in [1.29, 1.82) is 0 Å². The molecule has 4 rings (SSSR count). The molecule has 5 heteroatoms. The summed E-state index contributed by atoms with van der Waals surface area (Å²) >= 11 is 0. The smallest absolute Gasteiger partial charge is 0.332 e. The van der Waals surface area contributed by atoms with Crippen molar-refractivity contribution < 1.29 is 24.5 Å². The zero-order valence-electron chi connectivity index (χ0n) is 21.2. The van der Waals surface area contributed by atoms with E-state index in [-0.39, 0.29) is 24.9 Å². The third-order valence-corrected chi connectivity index (χ3v) is 8.87. The van der Waals surface area contributed by atoms with Crippen LogP contribution in [0.5, 0.6) is 0 Å². The van der Waals surface area contributed by atoms with Gasteiger partial charge in [0.05, 0.1) is 6.10 Å². The molecule has 0 aromatic carbocycles. The highest BCUT2D eigenvalue weighted by molar-refractivity contribution is 5.71. The van der Waals surface area contributed by atoms with Crippen molar-refractivity contribution in [2.24, 2.45) is 11.3 Å². The topological polar surface area (TPSA) is 76.0 Å². The minimum Gasteiger partial charge on any atom is -0.458 e. The number of fused-ring (bicyclic) bond motifs is 1. The average Bonchev–Trinajstić information content (AvgIpc) is 3.36. The van der Waals surface area contributed by atoms with E-state index in [1.54, 1.807) is 5.57 Å². The lowest BCUT2D eigenvalue weighted by atomic mass is 9.64. The maximum absolute atomic E-state index is 12.4. The van der Waals surface area contributed by atoms with E-state index in [1.165, 1.54) is 18.4 Å². The first-order valence-corrected chi connectivity index (χ1v) is 13.1. The molecular formula is C29H42O5. The van der Waals surface area contributed by atoms with Crippen LogP contribution in [0.1, 0.15) is 91.4 Å². The molecule has 188 valence electrons. The van der Waals surface area contributed by atoms with Gasteiger partial charge in [-0.3, -0.25) is 0 Å². The molecule has 0 aromatic heterocycles. The van der Waals surface area contributed by atoms with E-state index in [9.17, 15) is 15.0 Å². The van der Waals surface area contributed by atoms with E-state index in [0.29, 0.717) is 11.5 Å². The Morgan fingerprint density at radius 3 is 2.65 bits per heavy atom. The van der Waals surface area contributed by atoms with Gasteiger partial charge in [-0.05, 0) is 87.2 Å². The van der Waals surface area contributed by atoms with Crippen LogP contribution in [0.3, 0.4) is 0 Å². The number of aliphatic hydroxyl groups is 2. The fourth-order valence-corrected chi connectivity index (χ4v) is 6.78. The van der Waals surface area contributed by atoms with E-state index < -0.39 is 23.5 Å². The summed E-state index contributed by atoms with van der Waals surface area (Å²) in [6.07, 6.45) is 15.4. The molecule has 0 heterocycles. The number of hydrogen-bond acceptors (Lipinski definition) is 5. The normalized spacial score (nSPS) is 37.7. The van der Waals surface area contributed by atoms with Crippen LogP contribution < -0.4 is 0 Å². The van der Waals surface area contributed by atoms with Crippen molar-refractivity contribution in [1.82, 2.24) is 0 Å². The van der Waals surface area contributed by atoms with Gasteiger partial charge < -0.3 is 19.7 Å². The number of rotatable bonds is 6. The van der Waals surface area contributed by atoms with Gasteiger partial charge in [0.2, 0.25) is 0 Å². The number of ether oxygens (including phenoxy) is 2. The van der Waals surface area contributed by atoms with Crippen molar-refractivity contribution in [3.05, 3.63) is 47.1 Å². The zero-order valence-corrected chi connectivity index (χ0v) is 21.2. The summed E-state index contributed by atoms with van der Waals surface area (Å²) in [6, 6.07) is 0. The molecule has 3 fully saturated rings. The maximum Gasteiger partial charge on any atom is 0.332 e. The van der Waals surface area contributed by atoms with E-state index in [0.717, 1.165) is 50.5 Å². The molecular weight excluding hydrogens is 428 g/mol. The first-order valence-electron chi connectivity index (χ1n) is 13.1. The Hall–Kier alpha value is -1.69. The van der Waals surface area contributed by atoms with Crippen molar-refractivity contribution in [3.63, 3.8) is 0 Å². The molecule has 0 unspecified atom stereocenters. The highest BCUT2D eigenvalue weighted by atomic mass is 16.6. The van der Waals surface area contributed by atoms with Crippen molar-refractivity contribution in [3.8, 4) is 0 Å². The standard InChI is InChI=1S/C29H42O5/c1-5-23-12-13-24-21(9-8-16-28(23,24)4)10-11-22-17-29(32,18-25(30)20(22)2)33-19-26(31)34-27(3)14-6-7-15-27/h10-12,24-25,30,32H,2,5-9,13-19H2,1,3-4H3/t24-,25-,28+,29-/m0/s1. The fourth-order valence-electron chi connectivity index (χ4n) is 6.78. The van der Waals surface area contributed by atoms with Gasteiger partial charge in [0.15, 0.2) is 5.79 Å². The summed E-state index contributed by atoms with van der Waals surface area (Å²) in [5.41, 5.74) is 4.23. The maximum atomic E-state index is 12.4. The van der Waals surface area contributed by atoms with Gasteiger partial charge in [0.25, 0.3) is 0 Å². The molecule has 0 aromatic rings. The second-order valence-electron chi connectivity index (χ2n) is 11.4. The number of carbonyl (C=O) groups is 1. The predicted octanol–water partition coefficient (Wildman–Crippen LogP) is 5.68. The molecule has 4 aliphatic carbocycles. The molecule has 34 heavy (non-hydrogen) atoms. The number of carbonyl (C=O) groups excluding carboxylic acids is 1. The Morgan fingerprint density at radius 2 is 1.94 bits per heavy atom. The van der Waals surface area contributed by atoms with Gasteiger partial charge in [0.1, 0.15) is 12.2 Å². The van der Waals surface area contributed by atoms with E-state index in [2.05, 4.69) is 32.6 Å². The number of allylic oxidation sites excluding steroid dienone is 5. The number of esters is 1. The van der Waals surface area contributed by atoms with Crippen molar-refractivity contribution in [2.75, 3.05) is 6.61 Å². The number of aliphatic hydroxyl groups excluding tert-OH is 1. The van der Waals surface area contributed by atoms with E-state index in [4.69, 9.17) is 9.47 Å². The van der Waals surface area contributed by atoms with Crippen LogP contribution >= 0.6 is 0 Å². The van der Waals surface area contributed by atoms with E-state index in [1.807, 2.05) is 13.0 Å². The van der Waals surface area contributed by atoms with Gasteiger partial charge in [-0.2, -0.15) is 0 Å². The average molecular weight is 471 g/mol. The fraction of sp³-hybridized carbons (Fsp3) is 0.690. The van der Waals surface area contributed by atoms with Crippen LogP contribution in [0.4, 0.5) is 0 Å². The second kappa shape index (κ2) is 9.75. The molecule has 0 spiro atoms. The Balaban J connectivity index is 1.43. The van der Waals surface area contributed by atoms with Crippen molar-refractivity contribution >= 4 is 5.97 Å². The lowest BCUT2D eigenvalue weighted by molar-refractivity contribution is -0.228. The zero-order chi connectivity index (χ0) is 24.6. The Labute approximate surface area is 204 Å². The van der Waals surface area contributed by atoms with E-state index >= 15 is 0 Å². The molecule has 4 aliphatic rings. The molecule has 0 amide bonds. The molecule has 0 radical (unpaired) electrons. The summed E-state index contributed by atoms with van der Waals surface area (Å²) < 4.78 is 11.3. The Morgan fingerprint density at radius 1 is 1.21 bits per heavy atom. The Bertz CT molecular complexity index is 905.